The highest BCUT2D eigenvalue weighted by atomic mass is 16.4. The van der Waals surface area contributed by atoms with Crippen molar-refractivity contribution in [1.29, 1.82) is 0 Å². The first-order valence-electron chi connectivity index (χ1n) is 20.1. The Morgan fingerprint density at radius 2 is 1.39 bits per heavy atom. The number of nitrogens with zero attached hydrogens (tertiary/aromatic N) is 3. The first-order chi connectivity index (χ1) is 26.5. The molecule has 7 N–H and O–H groups in total. The van der Waals surface area contributed by atoms with Crippen molar-refractivity contribution in [2.75, 3.05) is 27.7 Å². The monoisotopic (exact) mass is 810 g/mol. The summed E-state index contributed by atoms with van der Waals surface area (Å²) < 4.78 is 0. The molecule has 11 atom stereocenters. The van der Waals surface area contributed by atoms with Gasteiger partial charge in [-0.1, -0.05) is 61.0 Å². The summed E-state index contributed by atoms with van der Waals surface area (Å²) in [6.07, 6.45) is 0.969. The van der Waals surface area contributed by atoms with Crippen molar-refractivity contribution in [3.63, 3.8) is 0 Å². The van der Waals surface area contributed by atoms with Gasteiger partial charge in [0.25, 0.3) is 0 Å². The molecule has 0 radical (unpaired) electrons. The van der Waals surface area contributed by atoms with Crippen LogP contribution in [0.5, 0.6) is 0 Å². The molecule has 326 valence electrons. The second kappa shape index (κ2) is 23.3. The van der Waals surface area contributed by atoms with Gasteiger partial charge in [0.1, 0.15) is 36.3 Å². The third kappa shape index (κ3) is 13.8. The quantitative estimate of drug-likeness (QED) is 0.0743. The minimum atomic E-state index is -1.52. The van der Waals surface area contributed by atoms with E-state index >= 15 is 0 Å². The molecule has 1 aliphatic rings. The van der Waals surface area contributed by atoms with Crippen LogP contribution in [0.3, 0.4) is 0 Å². The Morgan fingerprint density at radius 1 is 0.807 bits per heavy atom. The molecule has 57 heavy (non-hydrogen) atoms. The van der Waals surface area contributed by atoms with E-state index in [9.17, 15) is 48.9 Å². The van der Waals surface area contributed by atoms with Crippen molar-refractivity contribution < 1.29 is 48.9 Å². The number of piperidine rings is 1. The molecule has 17 nitrogen and oxygen atoms in total. The molecule has 0 aromatic carbocycles. The highest BCUT2D eigenvalue weighted by Gasteiger charge is 2.43. The number of carboxylic acid groups (broad SMARTS) is 1. The smallest absolute Gasteiger partial charge is 0.326 e. The molecule has 2 unspecified atom stereocenters. The van der Waals surface area contributed by atoms with Crippen LogP contribution < -0.4 is 21.3 Å². The number of hydrogen-bond acceptors (Lipinski definition) is 10. The average Bonchev–Trinajstić information content (AvgIpc) is 3.18. The van der Waals surface area contributed by atoms with E-state index < -0.39 is 108 Å². The summed E-state index contributed by atoms with van der Waals surface area (Å²) in [5.74, 6) is -7.09. The number of carboxylic acids is 1. The lowest BCUT2D eigenvalue weighted by Crippen LogP contribution is -2.64. The fraction of sp³-hybridized carbons (Fsp3) is 0.775. The van der Waals surface area contributed by atoms with Crippen molar-refractivity contribution in [3.8, 4) is 0 Å². The molecule has 0 bridgehead atoms. The lowest BCUT2D eigenvalue weighted by Gasteiger charge is -2.38. The maximum Gasteiger partial charge on any atom is 0.326 e. The van der Waals surface area contributed by atoms with E-state index in [0.717, 1.165) is 9.80 Å². The molecule has 1 aliphatic heterocycles. The van der Waals surface area contributed by atoms with E-state index in [1.165, 1.54) is 25.9 Å². The Kier molecular flexibility index (Phi) is 20.9. The Labute approximate surface area is 338 Å². The summed E-state index contributed by atoms with van der Waals surface area (Å²) in [5, 5.41) is 42.8. The maximum atomic E-state index is 14.2. The molecule has 1 fully saturated rings. The van der Waals surface area contributed by atoms with Gasteiger partial charge >= 0.3 is 5.97 Å². The van der Waals surface area contributed by atoms with Crippen LogP contribution in [0, 0.1) is 23.7 Å². The van der Waals surface area contributed by atoms with Crippen LogP contribution >= 0.6 is 0 Å². The van der Waals surface area contributed by atoms with Crippen molar-refractivity contribution in [3.05, 3.63) is 12.7 Å². The standard InChI is InChI=1S/C40H71N7O10/c1-14-23(7)20-27(40(56)57)42-36(52)31(33(49)22(5)6)46(13)38(54)26(10)45(12)39(55)29(24(8)15-2)43-35(51)30(32(48)21(3)4)44-34(50)28-18-16-17-19-47(28)37(53)25(9)41-11/h14,21-33,41,48-49H,1,15-20H2,2-13H3,(H,42,52)(H,43,51)(H,44,50)(H,56,57)/t23-,24-,25-,26-,27-,28+,29?,30?,31-,32+,33+/m0/s1. The Bertz CT molecular complexity index is 1410. The lowest BCUT2D eigenvalue weighted by molar-refractivity contribution is -0.153. The number of likely N-dealkylation sites (N-methyl/N-ethyl adjacent to an activating group) is 3. The summed E-state index contributed by atoms with van der Waals surface area (Å²) in [5.41, 5.74) is 0. The fourth-order valence-corrected chi connectivity index (χ4v) is 6.59. The van der Waals surface area contributed by atoms with Gasteiger partial charge in [-0.25, -0.2) is 4.79 Å². The number of likely N-dealkylation sites (tertiary alicyclic amines) is 1. The van der Waals surface area contributed by atoms with Gasteiger partial charge in [-0.05, 0) is 70.3 Å². The van der Waals surface area contributed by atoms with Crippen molar-refractivity contribution in [2.45, 2.75) is 149 Å². The number of rotatable bonds is 22. The molecular weight excluding hydrogens is 738 g/mol. The van der Waals surface area contributed by atoms with Gasteiger partial charge in [0, 0.05) is 20.6 Å². The van der Waals surface area contributed by atoms with E-state index in [1.54, 1.807) is 68.5 Å². The first-order valence-corrected chi connectivity index (χ1v) is 20.1. The van der Waals surface area contributed by atoms with E-state index in [1.807, 2.05) is 0 Å². The van der Waals surface area contributed by atoms with Crippen LogP contribution in [0.15, 0.2) is 12.7 Å². The third-order valence-corrected chi connectivity index (χ3v) is 11.2. The Morgan fingerprint density at radius 3 is 1.88 bits per heavy atom. The average molecular weight is 810 g/mol. The van der Waals surface area contributed by atoms with Crippen molar-refractivity contribution in [2.24, 2.45) is 23.7 Å². The number of hydrogen-bond donors (Lipinski definition) is 7. The Hall–Kier alpha value is -4.09. The number of amides is 6. The Balaban J connectivity index is 3.41. The minimum absolute atomic E-state index is 0.0243. The number of aliphatic hydroxyl groups is 2. The van der Waals surface area contributed by atoms with Crippen LogP contribution in [0.25, 0.3) is 0 Å². The molecule has 1 heterocycles. The van der Waals surface area contributed by atoms with Crippen LogP contribution in [-0.2, 0) is 33.6 Å². The number of carbonyl (C=O) groups is 7. The zero-order valence-electron chi connectivity index (χ0n) is 36.1. The normalized spacial score (nSPS) is 19.7. The molecule has 0 aromatic heterocycles. The van der Waals surface area contributed by atoms with Gasteiger partial charge in [-0.2, -0.15) is 0 Å². The number of carbonyl (C=O) groups excluding carboxylic acids is 6. The van der Waals surface area contributed by atoms with E-state index in [2.05, 4.69) is 27.8 Å². The van der Waals surface area contributed by atoms with Crippen LogP contribution in [-0.4, -0.2) is 154 Å². The van der Waals surface area contributed by atoms with Crippen molar-refractivity contribution >= 4 is 41.4 Å². The van der Waals surface area contributed by atoms with Crippen LogP contribution in [0.2, 0.25) is 0 Å². The van der Waals surface area contributed by atoms with Gasteiger partial charge in [0.15, 0.2) is 0 Å². The number of aliphatic carboxylic acids is 1. The van der Waals surface area contributed by atoms with Crippen LogP contribution in [0.1, 0.15) is 94.4 Å². The van der Waals surface area contributed by atoms with Gasteiger partial charge in [-0.3, -0.25) is 28.8 Å². The molecule has 6 amide bonds. The summed E-state index contributed by atoms with van der Waals surface area (Å²) >= 11 is 0. The molecule has 0 aliphatic carbocycles. The topological polar surface area (TPSA) is 238 Å². The van der Waals surface area contributed by atoms with Crippen LogP contribution in [0.4, 0.5) is 0 Å². The summed E-state index contributed by atoms with van der Waals surface area (Å²) in [6, 6.07) is -8.21. The summed E-state index contributed by atoms with van der Waals surface area (Å²) in [4.78, 5) is 98.2. The second-order valence-corrected chi connectivity index (χ2v) is 16.2. The molecule has 17 heteroatoms. The highest BCUT2D eigenvalue weighted by molar-refractivity contribution is 5.97. The third-order valence-electron chi connectivity index (χ3n) is 11.2. The molecule has 1 saturated heterocycles. The first kappa shape index (κ1) is 50.9. The van der Waals surface area contributed by atoms with Crippen molar-refractivity contribution in [1.82, 2.24) is 36.0 Å². The number of nitrogens with one attached hydrogen (secondary N) is 4. The molecule has 0 saturated carbocycles. The lowest BCUT2D eigenvalue weighted by atomic mass is 9.94. The SMILES string of the molecule is C=C[C@H](C)C[C@H](NC(=O)[C@H]([C@H](O)C(C)C)N(C)C(=O)[C@H](C)N(C)C(=O)C(NC(=O)C(NC(=O)[C@H]1CCCCN1C(=O)[C@H](C)NC)[C@H](O)C(C)C)[C@@H](C)CC)C(=O)O. The number of allylic oxidation sites excluding steroid dienone is 1. The zero-order valence-corrected chi connectivity index (χ0v) is 36.1. The van der Waals surface area contributed by atoms with Gasteiger partial charge in [0.2, 0.25) is 35.4 Å². The maximum absolute atomic E-state index is 14.2. The minimum Gasteiger partial charge on any atom is -0.480 e. The largest absolute Gasteiger partial charge is 0.480 e. The predicted molar refractivity (Wildman–Crippen MR) is 215 cm³/mol. The van der Waals surface area contributed by atoms with E-state index in [-0.39, 0.29) is 18.2 Å². The summed E-state index contributed by atoms with van der Waals surface area (Å²) in [6.45, 7) is 19.0. The molecule has 1 rings (SSSR count). The second-order valence-electron chi connectivity index (χ2n) is 16.2. The van der Waals surface area contributed by atoms with Gasteiger partial charge in [0.05, 0.1) is 18.2 Å². The summed E-state index contributed by atoms with van der Waals surface area (Å²) in [7, 11) is 4.28. The van der Waals surface area contributed by atoms with Gasteiger partial charge in [-0.15, -0.1) is 6.58 Å². The fourth-order valence-electron chi connectivity index (χ4n) is 6.59. The predicted octanol–water partition coefficient (Wildman–Crippen LogP) is 0.480. The highest BCUT2D eigenvalue weighted by Crippen LogP contribution is 2.21. The van der Waals surface area contributed by atoms with E-state index in [4.69, 9.17) is 0 Å². The molecule has 0 spiro atoms. The van der Waals surface area contributed by atoms with Gasteiger partial charge < -0.3 is 51.3 Å². The van der Waals surface area contributed by atoms with E-state index in [0.29, 0.717) is 32.2 Å². The zero-order chi connectivity index (χ0) is 44.1. The molecular formula is C40H71N7O10. The molecule has 0 aromatic rings. The number of aliphatic hydroxyl groups excluding tert-OH is 2.